The summed E-state index contributed by atoms with van der Waals surface area (Å²) in [5.41, 5.74) is 1.97. The average molecular weight is 304 g/mol. The number of halogens is 2. The molecule has 0 saturated carbocycles. The lowest BCUT2D eigenvalue weighted by Gasteiger charge is -2.09. The summed E-state index contributed by atoms with van der Waals surface area (Å²) in [6.45, 7) is 0.604. The van der Waals surface area contributed by atoms with E-state index >= 15 is 0 Å². The third-order valence-corrected chi connectivity index (χ3v) is 3.54. The van der Waals surface area contributed by atoms with Crippen LogP contribution in [0.25, 0.3) is 11.4 Å². The topological polar surface area (TPSA) is 30.7 Å². The Balaban J connectivity index is 1.95. The monoisotopic (exact) mass is 303 g/mol. The Morgan fingerprint density at radius 3 is 2.60 bits per heavy atom. The van der Waals surface area contributed by atoms with Gasteiger partial charge in [0.2, 0.25) is 0 Å². The minimum absolute atomic E-state index is 0.396. The van der Waals surface area contributed by atoms with Gasteiger partial charge in [-0.15, -0.1) is 0 Å². The van der Waals surface area contributed by atoms with Crippen molar-refractivity contribution >= 4 is 23.2 Å². The van der Waals surface area contributed by atoms with Crippen LogP contribution in [-0.4, -0.2) is 14.5 Å². The fourth-order valence-electron chi connectivity index (χ4n) is 2.02. The largest absolute Gasteiger partial charge is 0.326 e. The first-order valence-corrected chi connectivity index (χ1v) is 6.86. The zero-order valence-electron chi connectivity index (χ0n) is 10.5. The number of rotatable bonds is 3. The van der Waals surface area contributed by atoms with Crippen molar-refractivity contribution < 1.29 is 0 Å². The van der Waals surface area contributed by atoms with Gasteiger partial charge in [-0.05, 0) is 6.07 Å². The van der Waals surface area contributed by atoms with Crippen LogP contribution in [-0.2, 0) is 6.54 Å². The second-order valence-electron chi connectivity index (χ2n) is 4.34. The van der Waals surface area contributed by atoms with E-state index in [1.165, 1.54) is 0 Å². The molecule has 2 aromatic heterocycles. The first-order chi connectivity index (χ1) is 9.74. The summed E-state index contributed by atoms with van der Waals surface area (Å²) >= 11 is 12.0. The average Bonchev–Trinajstić information content (AvgIpc) is 2.91. The first-order valence-electron chi connectivity index (χ1n) is 6.10. The molecular formula is C15H11Cl2N3. The summed E-state index contributed by atoms with van der Waals surface area (Å²) in [6.07, 6.45) is 5.40. The molecule has 0 spiro atoms. The zero-order chi connectivity index (χ0) is 13.9. The van der Waals surface area contributed by atoms with Gasteiger partial charge in [0.25, 0.3) is 0 Å². The molecule has 0 saturated heterocycles. The molecular weight excluding hydrogens is 293 g/mol. The highest BCUT2D eigenvalue weighted by atomic mass is 35.5. The van der Waals surface area contributed by atoms with Crippen LogP contribution in [0.1, 0.15) is 5.56 Å². The van der Waals surface area contributed by atoms with E-state index in [4.69, 9.17) is 23.2 Å². The second kappa shape index (κ2) is 5.65. The molecule has 0 atom stereocenters. The number of benzene rings is 1. The summed E-state index contributed by atoms with van der Waals surface area (Å²) in [5, 5.41) is 1.00. The van der Waals surface area contributed by atoms with E-state index in [1.54, 1.807) is 18.5 Å². The molecule has 20 heavy (non-hydrogen) atoms. The molecule has 3 nitrogen and oxygen atoms in total. The third-order valence-electron chi connectivity index (χ3n) is 2.98. The van der Waals surface area contributed by atoms with Crippen LogP contribution in [0.3, 0.4) is 0 Å². The predicted molar refractivity (Wildman–Crippen MR) is 81.0 cm³/mol. The lowest BCUT2D eigenvalue weighted by molar-refractivity contribution is 0.803. The molecule has 0 fully saturated rings. The Morgan fingerprint density at radius 2 is 1.85 bits per heavy atom. The summed E-state index contributed by atoms with van der Waals surface area (Å²) in [6, 6.07) is 11.7. The minimum atomic E-state index is 0.396. The van der Waals surface area contributed by atoms with Gasteiger partial charge >= 0.3 is 0 Å². The molecule has 3 aromatic rings. The van der Waals surface area contributed by atoms with Crippen molar-refractivity contribution in [2.45, 2.75) is 6.54 Å². The van der Waals surface area contributed by atoms with Crippen molar-refractivity contribution in [2.75, 3.05) is 0 Å². The van der Waals surface area contributed by atoms with Crippen LogP contribution in [0.15, 0.2) is 55.0 Å². The van der Waals surface area contributed by atoms with Crippen molar-refractivity contribution in [1.29, 1.82) is 0 Å². The molecule has 0 unspecified atom stereocenters. The van der Waals surface area contributed by atoms with Crippen molar-refractivity contribution in [1.82, 2.24) is 14.5 Å². The lowest BCUT2D eigenvalue weighted by Crippen LogP contribution is -2.02. The van der Waals surface area contributed by atoms with E-state index in [-0.39, 0.29) is 0 Å². The fraction of sp³-hybridized carbons (Fsp3) is 0.0667. The van der Waals surface area contributed by atoms with Gasteiger partial charge in [-0.25, -0.2) is 9.97 Å². The van der Waals surface area contributed by atoms with Gasteiger partial charge in [0.1, 0.15) is 11.0 Å². The number of hydrogen-bond donors (Lipinski definition) is 0. The van der Waals surface area contributed by atoms with Crippen LogP contribution in [0.4, 0.5) is 0 Å². The van der Waals surface area contributed by atoms with E-state index in [0.29, 0.717) is 16.7 Å². The van der Waals surface area contributed by atoms with Crippen molar-refractivity contribution in [3.05, 3.63) is 70.7 Å². The van der Waals surface area contributed by atoms with Gasteiger partial charge in [0.15, 0.2) is 0 Å². The van der Waals surface area contributed by atoms with Crippen LogP contribution in [0.2, 0.25) is 10.2 Å². The highest BCUT2D eigenvalue weighted by Gasteiger charge is 2.08. The number of hydrogen-bond acceptors (Lipinski definition) is 2. The van der Waals surface area contributed by atoms with Crippen molar-refractivity contribution in [3.63, 3.8) is 0 Å². The zero-order valence-corrected chi connectivity index (χ0v) is 12.0. The smallest absolute Gasteiger partial charge is 0.140 e. The summed E-state index contributed by atoms with van der Waals surface area (Å²) in [5.74, 6) is 0.900. The maximum Gasteiger partial charge on any atom is 0.140 e. The number of imidazole rings is 1. The number of nitrogens with zero attached hydrogens (tertiary/aromatic N) is 3. The molecule has 0 aliphatic carbocycles. The molecule has 0 aliphatic rings. The Hall–Kier alpha value is -1.84. The quantitative estimate of drug-likeness (QED) is 0.675. The summed E-state index contributed by atoms with van der Waals surface area (Å²) in [4.78, 5) is 8.47. The predicted octanol–water partition coefficient (Wildman–Crippen LogP) is 4.30. The van der Waals surface area contributed by atoms with Gasteiger partial charge in [0.05, 0.1) is 11.6 Å². The van der Waals surface area contributed by atoms with Gasteiger partial charge in [-0.1, -0.05) is 53.5 Å². The molecule has 1 aromatic carbocycles. The van der Waals surface area contributed by atoms with Gasteiger partial charge < -0.3 is 4.57 Å². The van der Waals surface area contributed by atoms with E-state index < -0.39 is 0 Å². The number of pyridine rings is 1. The van der Waals surface area contributed by atoms with E-state index in [2.05, 4.69) is 9.97 Å². The maximum absolute atomic E-state index is 6.19. The standard InChI is InChI=1S/C15H11Cl2N3/c16-13-8-14(17)19-9-12(13)10-20-7-6-18-15(20)11-4-2-1-3-5-11/h1-9H,10H2. The SMILES string of the molecule is Clc1cc(Cl)c(Cn2ccnc2-c2ccccc2)cn1. The first kappa shape index (κ1) is 13.2. The van der Waals surface area contributed by atoms with Gasteiger partial charge in [-0.3, -0.25) is 0 Å². The van der Waals surface area contributed by atoms with Gasteiger partial charge in [0, 0.05) is 29.7 Å². The van der Waals surface area contributed by atoms with Crippen molar-refractivity contribution in [3.8, 4) is 11.4 Å². The van der Waals surface area contributed by atoms with Crippen LogP contribution < -0.4 is 0 Å². The normalized spacial score (nSPS) is 10.7. The summed E-state index contributed by atoms with van der Waals surface area (Å²) in [7, 11) is 0. The molecule has 2 heterocycles. The molecule has 0 bridgehead atoms. The highest BCUT2D eigenvalue weighted by molar-refractivity contribution is 6.34. The lowest BCUT2D eigenvalue weighted by atomic mass is 10.2. The fourth-order valence-corrected chi connectivity index (χ4v) is 2.45. The Morgan fingerprint density at radius 1 is 1.05 bits per heavy atom. The molecule has 5 heteroatoms. The molecule has 0 aliphatic heterocycles. The molecule has 100 valence electrons. The van der Waals surface area contributed by atoms with Crippen LogP contribution in [0.5, 0.6) is 0 Å². The highest BCUT2D eigenvalue weighted by Crippen LogP contribution is 2.22. The van der Waals surface area contributed by atoms with E-state index in [1.807, 2.05) is 41.1 Å². The molecule has 0 N–H and O–H groups in total. The van der Waals surface area contributed by atoms with Crippen molar-refractivity contribution in [2.24, 2.45) is 0 Å². The maximum atomic E-state index is 6.19. The summed E-state index contributed by atoms with van der Waals surface area (Å²) < 4.78 is 2.03. The second-order valence-corrected chi connectivity index (χ2v) is 5.14. The van der Waals surface area contributed by atoms with Crippen LogP contribution >= 0.6 is 23.2 Å². The van der Waals surface area contributed by atoms with Gasteiger partial charge in [-0.2, -0.15) is 0 Å². The Kier molecular flexibility index (Phi) is 3.72. The minimum Gasteiger partial charge on any atom is -0.326 e. The van der Waals surface area contributed by atoms with Crippen LogP contribution in [0, 0.1) is 0 Å². The third kappa shape index (κ3) is 2.69. The molecule has 0 radical (unpaired) electrons. The Bertz CT molecular complexity index is 723. The molecule has 0 amide bonds. The number of aromatic nitrogens is 3. The van der Waals surface area contributed by atoms with E-state index in [9.17, 15) is 0 Å². The Labute approximate surface area is 126 Å². The van der Waals surface area contributed by atoms with E-state index in [0.717, 1.165) is 17.0 Å². The molecule has 3 rings (SSSR count).